The molecule has 0 aliphatic carbocycles. The van der Waals surface area contributed by atoms with Crippen molar-refractivity contribution >= 4 is 22.5 Å². The first-order valence-corrected chi connectivity index (χ1v) is 7.38. The first-order chi connectivity index (χ1) is 8.72. The van der Waals surface area contributed by atoms with Gasteiger partial charge in [-0.1, -0.05) is 32.0 Å². The van der Waals surface area contributed by atoms with Crippen LogP contribution in [-0.2, 0) is 0 Å². The Kier molecular flexibility index (Phi) is 4.61. The maximum atomic E-state index is 4.25. The van der Waals surface area contributed by atoms with Gasteiger partial charge in [-0.05, 0) is 29.3 Å². The lowest BCUT2D eigenvalue weighted by molar-refractivity contribution is 0.665. The molecular formula is C15H20N2S. The van der Waals surface area contributed by atoms with Gasteiger partial charge in [0, 0.05) is 29.6 Å². The van der Waals surface area contributed by atoms with Crippen molar-refractivity contribution in [2.24, 2.45) is 0 Å². The number of hydrogen-bond acceptors (Lipinski definition) is 3. The number of hydrogen-bond donors (Lipinski definition) is 1. The van der Waals surface area contributed by atoms with Crippen molar-refractivity contribution in [3.63, 3.8) is 0 Å². The summed E-state index contributed by atoms with van der Waals surface area (Å²) in [5, 5.41) is 6.59. The molecule has 1 unspecified atom stereocenters. The Labute approximate surface area is 113 Å². The molecular weight excluding hydrogens is 240 g/mol. The molecule has 0 spiro atoms. The molecule has 2 rings (SSSR count). The van der Waals surface area contributed by atoms with Crippen LogP contribution in [0.3, 0.4) is 0 Å². The Morgan fingerprint density at radius 1 is 1.28 bits per heavy atom. The van der Waals surface area contributed by atoms with E-state index in [0.29, 0.717) is 11.3 Å². The smallest absolute Gasteiger partial charge is 0.0416 e. The summed E-state index contributed by atoms with van der Waals surface area (Å²) in [7, 11) is 2.03. The molecule has 0 saturated heterocycles. The zero-order chi connectivity index (χ0) is 13.0. The summed E-state index contributed by atoms with van der Waals surface area (Å²) in [6, 6.07) is 8.92. The molecule has 18 heavy (non-hydrogen) atoms. The first-order valence-electron chi connectivity index (χ1n) is 6.34. The summed E-state index contributed by atoms with van der Waals surface area (Å²) in [5.41, 5.74) is 1.34. The minimum absolute atomic E-state index is 0.380. The molecule has 2 aromatic rings. The second-order valence-corrected chi connectivity index (χ2v) is 6.28. The maximum absolute atomic E-state index is 4.25. The highest BCUT2D eigenvalue weighted by Crippen LogP contribution is 2.27. The van der Waals surface area contributed by atoms with E-state index >= 15 is 0 Å². The Morgan fingerprint density at radius 3 is 2.83 bits per heavy atom. The van der Waals surface area contributed by atoms with Crippen molar-refractivity contribution in [2.75, 3.05) is 12.8 Å². The number of pyridine rings is 1. The van der Waals surface area contributed by atoms with Gasteiger partial charge in [-0.3, -0.25) is 4.98 Å². The van der Waals surface area contributed by atoms with Gasteiger partial charge in [0.25, 0.3) is 0 Å². The molecule has 1 aromatic heterocycles. The summed E-state index contributed by atoms with van der Waals surface area (Å²) in [4.78, 5) is 4.25. The van der Waals surface area contributed by atoms with E-state index in [1.165, 1.54) is 16.3 Å². The van der Waals surface area contributed by atoms with Crippen molar-refractivity contribution in [1.82, 2.24) is 10.3 Å². The first kappa shape index (κ1) is 13.4. The van der Waals surface area contributed by atoms with Crippen molar-refractivity contribution in [3.8, 4) is 0 Å². The molecule has 3 heteroatoms. The van der Waals surface area contributed by atoms with Crippen molar-refractivity contribution in [2.45, 2.75) is 25.1 Å². The molecule has 1 heterocycles. The van der Waals surface area contributed by atoms with Gasteiger partial charge >= 0.3 is 0 Å². The van der Waals surface area contributed by atoms with Crippen LogP contribution in [0.4, 0.5) is 0 Å². The lowest BCUT2D eigenvalue weighted by atomic mass is 10.0. The van der Waals surface area contributed by atoms with Crippen molar-refractivity contribution in [3.05, 3.63) is 42.2 Å². The minimum atomic E-state index is 0.380. The second kappa shape index (κ2) is 6.21. The van der Waals surface area contributed by atoms with E-state index in [-0.39, 0.29) is 0 Å². The molecule has 96 valence electrons. The summed E-state index contributed by atoms with van der Waals surface area (Å²) in [6.45, 7) is 4.48. The molecule has 2 nitrogen and oxygen atoms in total. The molecule has 0 aliphatic heterocycles. The molecule has 1 atom stereocenters. The van der Waals surface area contributed by atoms with E-state index in [1.54, 1.807) is 0 Å². The third-order valence-electron chi connectivity index (χ3n) is 3.04. The van der Waals surface area contributed by atoms with Crippen LogP contribution in [-0.4, -0.2) is 23.0 Å². The van der Waals surface area contributed by atoms with E-state index in [1.807, 2.05) is 31.2 Å². The largest absolute Gasteiger partial charge is 0.312 e. The van der Waals surface area contributed by atoms with Crippen molar-refractivity contribution in [1.29, 1.82) is 0 Å². The number of nitrogens with zero attached hydrogens (tertiary/aromatic N) is 1. The Morgan fingerprint density at radius 2 is 2.11 bits per heavy atom. The maximum Gasteiger partial charge on any atom is 0.0416 e. The van der Waals surface area contributed by atoms with Crippen LogP contribution in [0.2, 0.25) is 0 Å². The second-order valence-electron chi connectivity index (χ2n) is 4.67. The number of aromatic nitrogens is 1. The van der Waals surface area contributed by atoms with Crippen LogP contribution in [0.1, 0.15) is 25.5 Å². The Balaban J connectivity index is 2.32. The monoisotopic (exact) mass is 260 g/mol. The molecule has 1 N–H and O–H groups in total. The fraction of sp³-hybridized carbons (Fsp3) is 0.400. The average Bonchev–Trinajstić information content (AvgIpc) is 2.39. The lowest BCUT2D eigenvalue weighted by Crippen LogP contribution is -2.19. The van der Waals surface area contributed by atoms with Crippen LogP contribution in [0.5, 0.6) is 0 Å². The quantitative estimate of drug-likeness (QED) is 0.888. The molecule has 0 bridgehead atoms. The summed E-state index contributed by atoms with van der Waals surface area (Å²) in [6.07, 6.45) is 3.82. The molecule has 0 saturated carbocycles. The summed E-state index contributed by atoms with van der Waals surface area (Å²) >= 11 is 1.98. The number of thioether (sulfide) groups is 1. The van der Waals surface area contributed by atoms with Gasteiger partial charge in [0.1, 0.15) is 0 Å². The predicted molar refractivity (Wildman–Crippen MR) is 81.1 cm³/mol. The fourth-order valence-corrected chi connectivity index (χ4v) is 2.98. The molecule has 0 radical (unpaired) electrons. The van der Waals surface area contributed by atoms with Gasteiger partial charge in [0.15, 0.2) is 0 Å². The predicted octanol–water partition coefficient (Wildman–Crippen LogP) is 3.64. The highest BCUT2D eigenvalue weighted by atomic mass is 32.2. The summed E-state index contributed by atoms with van der Waals surface area (Å²) in [5.74, 6) is 1.09. The van der Waals surface area contributed by atoms with Crippen LogP contribution in [0, 0.1) is 0 Å². The van der Waals surface area contributed by atoms with Gasteiger partial charge in [0.2, 0.25) is 0 Å². The van der Waals surface area contributed by atoms with E-state index in [4.69, 9.17) is 0 Å². The Hall–Kier alpha value is -1.06. The molecule has 0 fully saturated rings. The SMILES string of the molecule is CNC(CSC(C)C)c1cccc2ccncc12. The van der Waals surface area contributed by atoms with Gasteiger partial charge < -0.3 is 5.32 Å². The lowest BCUT2D eigenvalue weighted by Gasteiger charge is -2.19. The van der Waals surface area contributed by atoms with Gasteiger partial charge in [-0.2, -0.15) is 11.8 Å². The van der Waals surface area contributed by atoms with E-state index in [2.05, 4.69) is 48.4 Å². The van der Waals surface area contributed by atoms with Crippen molar-refractivity contribution < 1.29 is 0 Å². The number of benzene rings is 1. The highest BCUT2D eigenvalue weighted by molar-refractivity contribution is 7.99. The topological polar surface area (TPSA) is 24.9 Å². The Bertz CT molecular complexity index is 505. The standard InChI is InChI=1S/C15H20N2S/c1-11(2)18-10-15(16-3)13-6-4-5-12-7-8-17-9-14(12)13/h4-9,11,15-16H,10H2,1-3H3. The third-order valence-corrected chi connectivity index (χ3v) is 4.23. The van der Waals surface area contributed by atoms with E-state index in [0.717, 1.165) is 5.75 Å². The van der Waals surface area contributed by atoms with Crippen LogP contribution >= 0.6 is 11.8 Å². The molecule has 0 amide bonds. The number of rotatable bonds is 5. The number of nitrogens with one attached hydrogen (secondary N) is 1. The molecule has 1 aromatic carbocycles. The van der Waals surface area contributed by atoms with Crippen LogP contribution in [0.25, 0.3) is 10.8 Å². The fourth-order valence-electron chi connectivity index (χ4n) is 2.06. The van der Waals surface area contributed by atoms with Gasteiger partial charge in [-0.25, -0.2) is 0 Å². The van der Waals surface area contributed by atoms with Crippen LogP contribution in [0.15, 0.2) is 36.7 Å². The van der Waals surface area contributed by atoms with Crippen LogP contribution < -0.4 is 5.32 Å². The zero-order valence-electron chi connectivity index (χ0n) is 11.2. The van der Waals surface area contributed by atoms with E-state index < -0.39 is 0 Å². The molecule has 0 aliphatic rings. The van der Waals surface area contributed by atoms with Gasteiger partial charge in [0.05, 0.1) is 0 Å². The zero-order valence-corrected chi connectivity index (χ0v) is 12.0. The van der Waals surface area contributed by atoms with E-state index in [9.17, 15) is 0 Å². The minimum Gasteiger partial charge on any atom is -0.312 e. The third kappa shape index (κ3) is 3.03. The average molecular weight is 260 g/mol. The normalized spacial score (nSPS) is 13.1. The van der Waals surface area contributed by atoms with Gasteiger partial charge in [-0.15, -0.1) is 0 Å². The highest BCUT2D eigenvalue weighted by Gasteiger charge is 2.13. The number of fused-ring (bicyclic) bond motifs is 1. The summed E-state index contributed by atoms with van der Waals surface area (Å²) < 4.78 is 0.